The molecule has 8 heteroatoms. The number of aromatic nitrogens is 2. The second kappa shape index (κ2) is 6.71. The van der Waals surface area contributed by atoms with E-state index in [1.165, 1.54) is 17.9 Å². The number of rotatable bonds is 4. The van der Waals surface area contributed by atoms with Gasteiger partial charge in [0.1, 0.15) is 17.6 Å². The monoisotopic (exact) mass is 368 g/mol. The summed E-state index contributed by atoms with van der Waals surface area (Å²) >= 11 is 0. The average Bonchev–Trinajstić information content (AvgIpc) is 3.26. The van der Waals surface area contributed by atoms with Gasteiger partial charge in [-0.2, -0.15) is 0 Å². The van der Waals surface area contributed by atoms with Crippen LogP contribution < -0.4 is 10.2 Å². The first-order valence-electron chi connectivity index (χ1n) is 8.47. The average molecular weight is 368 g/mol. The quantitative estimate of drug-likeness (QED) is 0.768. The molecule has 3 heterocycles. The number of carbonyl (C=O) groups is 2. The number of fused-ring (bicyclic) bond motifs is 1. The van der Waals surface area contributed by atoms with E-state index in [4.69, 9.17) is 4.74 Å². The molecule has 138 valence electrons. The fourth-order valence-corrected chi connectivity index (χ4v) is 3.14. The van der Waals surface area contributed by atoms with Gasteiger partial charge in [0.2, 0.25) is 5.91 Å². The Morgan fingerprint density at radius 1 is 1.37 bits per heavy atom. The third-order valence-corrected chi connectivity index (χ3v) is 4.42. The molecule has 0 unspecified atom stereocenters. The Morgan fingerprint density at radius 2 is 2.22 bits per heavy atom. The first kappa shape index (κ1) is 17.0. The highest BCUT2D eigenvalue weighted by Crippen LogP contribution is 2.29. The number of nitrogens with zero attached hydrogens (tertiary/aromatic N) is 3. The zero-order valence-corrected chi connectivity index (χ0v) is 14.6. The Balaban J connectivity index is 1.60. The molecule has 0 radical (unpaired) electrons. The highest BCUT2D eigenvalue weighted by Gasteiger charge is 2.32. The minimum absolute atomic E-state index is 0.200. The smallest absolute Gasteiger partial charge is 0.414 e. The van der Waals surface area contributed by atoms with E-state index in [0.717, 1.165) is 5.65 Å². The summed E-state index contributed by atoms with van der Waals surface area (Å²) in [5.74, 6) is -0.652. The van der Waals surface area contributed by atoms with Crippen LogP contribution in [0.15, 0.2) is 48.8 Å². The van der Waals surface area contributed by atoms with E-state index in [1.807, 2.05) is 12.1 Å². The van der Waals surface area contributed by atoms with Crippen molar-refractivity contribution in [2.75, 3.05) is 18.0 Å². The zero-order valence-electron chi connectivity index (χ0n) is 14.6. The van der Waals surface area contributed by atoms with Gasteiger partial charge in [-0.05, 0) is 30.3 Å². The molecule has 4 rings (SSSR count). The molecular weight excluding hydrogens is 351 g/mol. The van der Waals surface area contributed by atoms with E-state index in [9.17, 15) is 14.0 Å². The number of pyridine rings is 1. The summed E-state index contributed by atoms with van der Waals surface area (Å²) in [6.45, 7) is 1.86. The van der Waals surface area contributed by atoms with E-state index in [2.05, 4.69) is 10.3 Å². The second-order valence-corrected chi connectivity index (χ2v) is 6.28. The largest absolute Gasteiger partial charge is 0.442 e. The number of halogens is 1. The Kier molecular flexibility index (Phi) is 4.23. The second-order valence-electron chi connectivity index (χ2n) is 6.28. The van der Waals surface area contributed by atoms with Crippen molar-refractivity contribution in [1.82, 2.24) is 14.7 Å². The predicted octanol–water partition coefficient (Wildman–Crippen LogP) is 2.60. The number of cyclic esters (lactones) is 1. The first-order chi connectivity index (χ1) is 13.0. The number of anilines is 1. The van der Waals surface area contributed by atoms with E-state index in [1.54, 1.807) is 35.0 Å². The van der Waals surface area contributed by atoms with Gasteiger partial charge in [-0.1, -0.05) is 6.07 Å². The molecule has 1 saturated heterocycles. The van der Waals surface area contributed by atoms with E-state index < -0.39 is 18.0 Å². The topological polar surface area (TPSA) is 75.9 Å². The summed E-state index contributed by atoms with van der Waals surface area (Å²) in [5.41, 5.74) is 2.20. The van der Waals surface area contributed by atoms with Gasteiger partial charge in [-0.25, -0.2) is 14.2 Å². The van der Waals surface area contributed by atoms with Crippen LogP contribution in [0.1, 0.15) is 6.92 Å². The van der Waals surface area contributed by atoms with Crippen LogP contribution in [0.4, 0.5) is 14.9 Å². The maximum Gasteiger partial charge on any atom is 0.414 e. The minimum atomic E-state index is -0.561. The SMILES string of the molecule is CC(=O)NC[C@H]1CN(c2ccc(-c3cccc4nccn34)c(F)c2)C(=O)O1. The summed E-state index contributed by atoms with van der Waals surface area (Å²) in [4.78, 5) is 28.7. The van der Waals surface area contributed by atoms with Crippen molar-refractivity contribution in [3.05, 3.63) is 54.6 Å². The molecule has 0 bridgehead atoms. The maximum atomic E-state index is 14.8. The molecular formula is C19H17FN4O3. The van der Waals surface area contributed by atoms with Crippen molar-refractivity contribution >= 4 is 23.3 Å². The number of carbonyl (C=O) groups excluding carboxylic acids is 2. The van der Waals surface area contributed by atoms with E-state index in [0.29, 0.717) is 16.9 Å². The van der Waals surface area contributed by atoms with Gasteiger partial charge in [0.05, 0.1) is 24.5 Å². The number of nitrogens with one attached hydrogen (secondary N) is 1. The van der Waals surface area contributed by atoms with Gasteiger partial charge in [-0.3, -0.25) is 14.1 Å². The fraction of sp³-hybridized carbons (Fsp3) is 0.211. The molecule has 1 aliphatic heterocycles. The molecule has 0 spiro atoms. The first-order valence-corrected chi connectivity index (χ1v) is 8.47. The lowest BCUT2D eigenvalue weighted by Gasteiger charge is -2.15. The van der Waals surface area contributed by atoms with Crippen molar-refractivity contribution in [3.63, 3.8) is 0 Å². The lowest BCUT2D eigenvalue weighted by molar-refractivity contribution is -0.119. The van der Waals surface area contributed by atoms with Crippen molar-refractivity contribution in [2.24, 2.45) is 0 Å². The number of ether oxygens (including phenoxy) is 1. The minimum Gasteiger partial charge on any atom is -0.442 e. The van der Waals surface area contributed by atoms with Gasteiger partial charge >= 0.3 is 6.09 Å². The highest BCUT2D eigenvalue weighted by atomic mass is 19.1. The Labute approximate surface area is 154 Å². The molecule has 1 aromatic carbocycles. The van der Waals surface area contributed by atoms with Gasteiger partial charge in [-0.15, -0.1) is 0 Å². The van der Waals surface area contributed by atoms with E-state index >= 15 is 0 Å². The standard InChI is InChI=1S/C19H17FN4O3/c1-12(25)22-10-14-11-24(19(26)27-14)13-5-6-15(16(20)9-13)17-3-2-4-18-21-7-8-23(17)18/h2-9,14H,10-11H2,1H3,(H,22,25)/t14-/m0/s1. The van der Waals surface area contributed by atoms with Gasteiger partial charge in [0.15, 0.2) is 0 Å². The molecule has 1 fully saturated rings. The summed E-state index contributed by atoms with van der Waals surface area (Å²) in [6, 6.07) is 10.1. The molecule has 2 aromatic heterocycles. The molecule has 7 nitrogen and oxygen atoms in total. The lowest BCUT2D eigenvalue weighted by Crippen LogP contribution is -2.33. The molecule has 27 heavy (non-hydrogen) atoms. The van der Waals surface area contributed by atoms with Crippen LogP contribution in [-0.4, -0.2) is 40.6 Å². The van der Waals surface area contributed by atoms with Crippen molar-refractivity contribution in [1.29, 1.82) is 0 Å². The zero-order chi connectivity index (χ0) is 19.0. The van der Waals surface area contributed by atoms with Crippen LogP contribution in [0, 0.1) is 5.82 Å². The van der Waals surface area contributed by atoms with Gasteiger partial charge in [0, 0.05) is 24.9 Å². The van der Waals surface area contributed by atoms with E-state index in [-0.39, 0.29) is 19.0 Å². The summed E-state index contributed by atoms with van der Waals surface area (Å²) < 4.78 is 21.8. The Morgan fingerprint density at radius 3 is 3.00 bits per heavy atom. The van der Waals surface area contributed by atoms with Crippen LogP contribution in [0.3, 0.4) is 0 Å². The van der Waals surface area contributed by atoms with Crippen molar-refractivity contribution < 1.29 is 18.7 Å². The normalized spacial score (nSPS) is 16.6. The van der Waals surface area contributed by atoms with Crippen LogP contribution in [-0.2, 0) is 9.53 Å². The van der Waals surface area contributed by atoms with Crippen LogP contribution in [0.25, 0.3) is 16.9 Å². The summed E-state index contributed by atoms with van der Waals surface area (Å²) in [5, 5.41) is 2.61. The number of hydrogen-bond acceptors (Lipinski definition) is 4. The Hall–Kier alpha value is -3.42. The number of amides is 2. The van der Waals surface area contributed by atoms with Gasteiger partial charge in [0.25, 0.3) is 0 Å². The number of hydrogen-bond donors (Lipinski definition) is 1. The number of imidazole rings is 1. The lowest BCUT2D eigenvalue weighted by atomic mass is 10.1. The summed E-state index contributed by atoms with van der Waals surface area (Å²) in [6.07, 6.45) is 2.39. The van der Waals surface area contributed by atoms with Crippen molar-refractivity contribution in [3.8, 4) is 11.3 Å². The van der Waals surface area contributed by atoms with Crippen LogP contribution >= 0.6 is 0 Å². The third-order valence-electron chi connectivity index (χ3n) is 4.42. The molecule has 3 aromatic rings. The molecule has 0 saturated carbocycles. The summed E-state index contributed by atoms with van der Waals surface area (Å²) in [7, 11) is 0. The third kappa shape index (κ3) is 3.21. The Bertz CT molecular complexity index is 1030. The molecule has 1 N–H and O–H groups in total. The molecule has 2 amide bonds. The molecule has 1 aliphatic rings. The highest BCUT2D eigenvalue weighted by molar-refractivity contribution is 5.90. The van der Waals surface area contributed by atoms with Crippen LogP contribution in [0.5, 0.6) is 0 Å². The molecule has 0 aliphatic carbocycles. The van der Waals surface area contributed by atoms with Gasteiger partial charge < -0.3 is 10.1 Å². The van der Waals surface area contributed by atoms with Crippen LogP contribution in [0.2, 0.25) is 0 Å². The fourth-order valence-electron chi connectivity index (χ4n) is 3.14. The predicted molar refractivity (Wildman–Crippen MR) is 96.9 cm³/mol. The molecule has 1 atom stereocenters. The van der Waals surface area contributed by atoms with Crippen molar-refractivity contribution in [2.45, 2.75) is 13.0 Å². The maximum absolute atomic E-state index is 14.8. The number of benzene rings is 1.